The number of likely N-dealkylation sites (tertiary alicyclic amines) is 1. The number of aliphatic hydroxyl groups is 1. The molecule has 0 aromatic heterocycles. The number of hydrogen-bond acceptors (Lipinski definition) is 3. The minimum absolute atomic E-state index is 0.0356. The largest absolute Gasteiger partial charge is 0.393 e. The second kappa shape index (κ2) is 5.10. The number of rotatable bonds is 1. The van der Waals surface area contributed by atoms with Gasteiger partial charge in [-0.05, 0) is 37.0 Å². The van der Waals surface area contributed by atoms with Crippen molar-refractivity contribution < 1.29 is 14.7 Å². The maximum atomic E-state index is 12.6. The monoisotopic (exact) mass is 354 g/mol. The number of aliphatic hydroxyl groups excluding tert-OH is 1. The number of anilines is 1. The fraction of sp³-hybridized carbons (Fsp3) is 0.500. The second-order valence-electron chi connectivity index (χ2n) is 6.68. The van der Waals surface area contributed by atoms with Crippen LogP contribution in [0, 0.1) is 5.92 Å². The van der Waals surface area contributed by atoms with Crippen molar-refractivity contribution in [3.05, 3.63) is 27.7 Å². The third kappa shape index (κ3) is 2.17. The van der Waals surface area contributed by atoms with Gasteiger partial charge in [0.05, 0.1) is 21.6 Å². The first kappa shape index (κ1) is 15.2. The third-order valence-electron chi connectivity index (χ3n) is 5.30. The average molecular weight is 355 g/mol. The first-order valence-electron chi connectivity index (χ1n) is 7.68. The summed E-state index contributed by atoms with van der Waals surface area (Å²) in [5.74, 6) is -0.179. The van der Waals surface area contributed by atoms with Gasteiger partial charge in [-0.3, -0.25) is 9.59 Å². The van der Waals surface area contributed by atoms with Gasteiger partial charge in [-0.15, -0.1) is 0 Å². The molecule has 1 aromatic rings. The number of benzene rings is 1. The Hall–Kier alpha value is -1.30. The maximum absolute atomic E-state index is 12.6. The summed E-state index contributed by atoms with van der Waals surface area (Å²) in [5, 5.41) is 13.1. The standard InChI is InChI=1S/C16H16Cl2N2O3/c17-11-5-10-13(6-12(11)18)19-15(23)16(10)1-2-20(7-16)14(22)8-3-9(21)4-8/h5-6,8-9,21H,1-4,7H2,(H,19,23)/t8?,9?,16-/m1/s1. The van der Waals surface area contributed by atoms with Crippen molar-refractivity contribution in [1.82, 2.24) is 4.90 Å². The van der Waals surface area contributed by atoms with E-state index in [1.54, 1.807) is 17.0 Å². The van der Waals surface area contributed by atoms with Gasteiger partial charge in [-0.2, -0.15) is 0 Å². The van der Waals surface area contributed by atoms with Crippen LogP contribution in [0.25, 0.3) is 0 Å². The molecule has 1 atom stereocenters. The zero-order chi connectivity index (χ0) is 16.4. The molecule has 2 N–H and O–H groups in total. The summed E-state index contributed by atoms with van der Waals surface area (Å²) in [6.07, 6.45) is 1.25. The van der Waals surface area contributed by atoms with E-state index < -0.39 is 5.41 Å². The van der Waals surface area contributed by atoms with E-state index in [1.165, 1.54) is 0 Å². The fourth-order valence-corrected chi connectivity index (χ4v) is 4.19. The van der Waals surface area contributed by atoms with Crippen LogP contribution in [0.4, 0.5) is 5.69 Å². The number of carbonyl (C=O) groups excluding carboxylic acids is 2. The molecule has 1 saturated carbocycles. The molecule has 2 aliphatic heterocycles. The first-order valence-corrected chi connectivity index (χ1v) is 8.44. The molecule has 7 heteroatoms. The molecule has 1 aromatic carbocycles. The highest BCUT2D eigenvalue weighted by Gasteiger charge is 2.53. The van der Waals surface area contributed by atoms with Crippen LogP contribution in [-0.4, -0.2) is 41.0 Å². The van der Waals surface area contributed by atoms with Crippen molar-refractivity contribution >= 4 is 40.7 Å². The minimum atomic E-state index is -0.735. The van der Waals surface area contributed by atoms with E-state index in [9.17, 15) is 14.7 Å². The van der Waals surface area contributed by atoms with Gasteiger partial charge >= 0.3 is 0 Å². The van der Waals surface area contributed by atoms with Crippen molar-refractivity contribution in [2.45, 2.75) is 30.8 Å². The average Bonchev–Trinajstić information content (AvgIpc) is 3.02. The highest BCUT2D eigenvalue weighted by molar-refractivity contribution is 6.42. The minimum Gasteiger partial charge on any atom is -0.393 e. The van der Waals surface area contributed by atoms with Crippen LogP contribution in [0.2, 0.25) is 10.0 Å². The molecule has 23 heavy (non-hydrogen) atoms. The Kier molecular flexibility index (Phi) is 3.38. The van der Waals surface area contributed by atoms with E-state index in [4.69, 9.17) is 23.2 Å². The Morgan fingerprint density at radius 3 is 2.70 bits per heavy atom. The van der Waals surface area contributed by atoms with Crippen LogP contribution in [0.3, 0.4) is 0 Å². The normalized spacial score (nSPS) is 32.0. The van der Waals surface area contributed by atoms with Gasteiger partial charge in [0.2, 0.25) is 11.8 Å². The Morgan fingerprint density at radius 1 is 1.30 bits per heavy atom. The zero-order valence-corrected chi connectivity index (χ0v) is 13.8. The highest BCUT2D eigenvalue weighted by atomic mass is 35.5. The molecule has 5 nitrogen and oxygen atoms in total. The van der Waals surface area contributed by atoms with E-state index in [0.717, 1.165) is 5.56 Å². The van der Waals surface area contributed by atoms with E-state index >= 15 is 0 Å². The number of carbonyl (C=O) groups is 2. The van der Waals surface area contributed by atoms with Gasteiger partial charge in [0.15, 0.2) is 0 Å². The topological polar surface area (TPSA) is 69.6 Å². The lowest BCUT2D eigenvalue weighted by Gasteiger charge is -2.33. The third-order valence-corrected chi connectivity index (χ3v) is 6.02. The van der Waals surface area contributed by atoms with Crippen LogP contribution in [0.5, 0.6) is 0 Å². The first-order chi connectivity index (χ1) is 10.9. The summed E-state index contributed by atoms with van der Waals surface area (Å²) in [4.78, 5) is 26.8. The predicted molar refractivity (Wildman–Crippen MR) is 86.7 cm³/mol. The SMILES string of the molecule is O=C(C1CC(O)C1)N1CC[C@]2(C1)C(=O)Nc1cc(Cl)c(Cl)cc12. The molecule has 1 spiro atoms. The summed E-state index contributed by atoms with van der Waals surface area (Å²) < 4.78 is 0. The lowest BCUT2D eigenvalue weighted by molar-refractivity contribution is -0.141. The molecule has 1 aliphatic carbocycles. The number of hydrogen-bond donors (Lipinski definition) is 2. The van der Waals surface area contributed by atoms with Gasteiger partial charge < -0.3 is 15.3 Å². The Balaban J connectivity index is 1.62. The van der Waals surface area contributed by atoms with E-state index in [2.05, 4.69) is 5.32 Å². The van der Waals surface area contributed by atoms with E-state index in [1.807, 2.05) is 0 Å². The molecule has 0 radical (unpaired) electrons. The molecule has 2 fully saturated rings. The number of fused-ring (bicyclic) bond motifs is 2. The van der Waals surface area contributed by atoms with E-state index in [0.29, 0.717) is 48.1 Å². The van der Waals surface area contributed by atoms with Crippen molar-refractivity contribution in [1.29, 1.82) is 0 Å². The number of nitrogens with zero attached hydrogens (tertiary/aromatic N) is 1. The molecule has 3 aliphatic rings. The summed E-state index contributed by atoms with van der Waals surface area (Å²) in [7, 11) is 0. The van der Waals surface area contributed by atoms with Gasteiger partial charge in [0, 0.05) is 24.7 Å². The summed E-state index contributed by atoms with van der Waals surface area (Å²) in [5.41, 5.74) is 0.764. The van der Waals surface area contributed by atoms with Crippen LogP contribution >= 0.6 is 23.2 Å². The second-order valence-corrected chi connectivity index (χ2v) is 7.49. The van der Waals surface area contributed by atoms with Crippen molar-refractivity contribution in [3.63, 3.8) is 0 Å². The lowest BCUT2D eigenvalue weighted by atomic mass is 9.80. The molecular weight excluding hydrogens is 339 g/mol. The molecule has 2 amide bonds. The quantitative estimate of drug-likeness (QED) is 0.811. The molecule has 1 saturated heterocycles. The fourth-order valence-electron chi connectivity index (χ4n) is 3.86. The smallest absolute Gasteiger partial charge is 0.237 e. The van der Waals surface area contributed by atoms with Gasteiger partial charge in [0.1, 0.15) is 0 Å². The van der Waals surface area contributed by atoms with Crippen LogP contribution in [-0.2, 0) is 15.0 Å². The number of nitrogens with one attached hydrogen (secondary N) is 1. The van der Waals surface area contributed by atoms with Crippen LogP contribution < -0.4 is 5.32 Å². The molecule has 0 unspecified atom stereocenters. The van der Waals surface area contributed by atoms with Crippen molar-refractivity contribution in [2.75, 3.05) is 18.4 Å². The van der Waals surface area contributed by atoms with Crippen LogP contribution in [0.1, 0.15) is 24.8 Å². The van der Waals surface area contributed by atoms with Gasteiger partial charge in [-0.1, -0.05) is 23.2 Å². The maximum Gasteiger partial charge on any atom is 0.237 e. The Bertz CT molecular complexity index is 718. The lowest BCUT2D eigenvalue weighted by Crippen LogP contribution is -2.45. The molecule has 122 valence electrons. The molecule has 2 heterocycles. The van der Waals surface area contributed by atoms with E-state index in [-0.39, 0.29) is 23.8 Å². The highest BCUT2D eigenvalue weighted by Crippen LogP contribution is 2.47. The molecule has 0 bridgehead atoms. The molecular formula is C16H16Cl2N2O3. The summed E-state index contributed by atoms with van der Waals surface area (Å²) in [6.45, 7) is 0.897. The van der Waals surface area contributed by atoms with Crippen molar-refractivity contribution in [2.24, 2.45) is 5.92 Å². The zero-order valence-electron chi connectivity index (χ0n) is 12.3. The van der Waals surface area contributed by atoms with Gasteiger partial charge in [-0.25, -0.2) is 0 Å². The predicted octanol–water partition coefficient (Wildman–Crippen LogP) is 2.19. The summed E-state index contributed by atoms with van der Waals surface area (Å²) in [6, 6.07) is 3.40. The van der Waals surface area contributed by atoms with Gasteiger partial charge in [0.25, 0.3) is 0 Å². The summed E-state index contributed by atoms with van der Waals surface area (Å²) >= 11 is 12.1. The Labute approximate surface area is 143 Å². The number of amides is 2. The van der Waals surface area contributed by atoms with Crippen LogP contribution in [0.15, 0.2) is 12.1 Å². The van der Waals surface area contributed by atoms with Crippen molar-refractivity contribution in [3.8, 4) is 0 Å². The molecule has 4 rings (SSSR count). The number of halogens is 2. The Morgan fingerprint density at radius 2 is 2.00 bits per heavy atom.